The van der Waals surface area contributed by atoms with Crippen molar-refractivity contribution >= 4 is 12.1 Å². The Morgan fingerprint density at radius 1 is 1.18 bits per heavy atom. The van der Waals surface area contributed by atoms with Gasteiger partial charge in [-0.3, -0.25) is 4.79 Å². The number of nitrogens with zero attached hydrogens (tertiary/aromatic N) is 1. The summed E-state index contributed by atoms with van der Waals surface area (Å²) in [6.07, 6.45) is 2.91. The number of ether oxygens (including phenoxy) is 3. The summed E-state index contributed by atoms with van der Waals surface area (Å²) in [4.78, 5) is 12.1. The smallest absolute Gasteiger partial charge is 0.271 e. The van der Waals surface area contributed by atoms with Crippen molar-refractivity contribution in [2.75, 3.05) is 21.3 Å². The van der Waals surface area contributed by atoms with Gasteiger partial charge in [-0.2, -0.15) is 5.10 Å². The molecule has 0 atom stereocenters. The standard InChI is InChI=1S/C15H16N2O5/c1-19-12-7-10(8-13(20-2)14(12)21-3)15(18)17-16-9-11-5-4-6-22-11/h4-9H,1-3H3,(H,17,18). The van der Waals surface area contributed by atoms with Crippen LogP contribution in [0.3, 0.4) is 0 Å². The Morgan fingerprint density at radius 2 is 1.86 bits per heavy atom. The van der Waals surface area contributed by atoms with E-state index >= 15 is 0 Å². The second-order valence-electron chi connectivity index (χ2n) is 4.13. The normalized spacial score (nSPS) is 10.5. The van der Waals surface area contributed by atoms with Crippen LogP contribution in [0.1, 0.15) is 16.1 Å². The van der Waals surface area contributed by atoms with E-state index in [4.69, 9.17) is 18.6 Å². The predicted octanol–water partition coefficient (Wildman–Crippen LogP) is 2.07. The predicted molar refractivity (Wildman–Crippen MR) is 79.9 cm³/mol. The summed E-state index contributed by atoms with van der Waals surface area (Å²) in [6.45, 7) is 0. The van der Waals surface area contributed by atoms with E-state index in [1.54, 1.807) is 24.3 Å². The van der Waals surface area contributed by atoms with Gasteiger partial charge in [-0.1, -0.05) is 0 Å². The second-order valence-corrected chi connectivity index (χ2v) is 4.13. The SMILES string of the molecule is COc1cc(C(=O)NN=Cc2ccco2)cc(OC)c1OC. The van der Waals surface area contributed by atoms with E-state index in [1.807, 2.05) is 0 Å². The number of rotatable bonds is 6. The molecule has 116 valence electrons. The van der Waals surface area contributed by atoms with E-state index in [9.17, 15) is 4.79 Å². The molecule has 1 aromatic heterocycles. The molecular weight excluding hydrogens is 288 g/mol. The zero-order valence-corrected chi connectivity index (χ0v) is 12.5. The van der Waals surface area contributed by atoms with Crippen molar-refractivity contribution in [2.24, 2.45) is 5.10 Å². The monoisotopic (exact) mass is 304 g/mol. The highest BCUT2D eigenvalue weighted by Crippen LogP contribution is 2.38. The van der Waals surface area contributed by atoms with E-state index < -0.39 is 5.91 Å². The Kier molecular flexibility index (Phi) is 5.02. The zero-order chi connectivity index (χ0) is 15.9. The van der Waals surface area contributed by atoms with Crippen molar-refractivity contribution in [3.8, 4) is 17.2 Å². The summed E-state index contributed by atoms with van der Waals surface area (Å²) in [6, 6.07) is 6.52. The molecule has 1 N–H and O–H groups in total. The molecule has 0 unspecified atom stereocenters. The van der Waals surface area contributed by atoms with Crippen molar-refractivity contribution in [3.63, 3.8) is 0 Å². The second kappa shape index (κ2) is 7.16. The maximum Gasteiger partial charge on any atom is 0.271 e. The van der Waals surface area contributed by atoms with E-state index in [0.29, 0.717) is 28.6 Å². The number of carbonyl (C=O) groups excluding carboxylic acids is 1. The fourth-order valence-corrected chi connectivity index (χ4v) is 1.80. The first-order chi connectivity index (χ1) is 10.7. The lowest BCUT2D eigenvalue weighted by atomic mass is 10.1. The van der Waals surface area contributed by atoms with Crippen molar-refractivity contribution in [2.45, 2.75) is 0 Å². The molecule has 1 amide bonds. The van der Waals surface area contributed by atoms with E-state index in [2.05, 4.69) is 10.5 Å². The highest BCUT2D eigenvalue weighted by atomic mass is 16.5. The number of benzene rings is 1. The molecule has 0 saturated heterocycles. The van der Waals surface area contributed by atoms with Gasteiger partial charge in [0.1, 0.15) is 5.76 Å². The van der Waals surface area contributed by atoms with Crippen LogP contribution >= 0.6 is 0 Å². The Hall–Kier alpha value is -2.96. The first-order valence-electron chi connectivity index (χ1n) is 6.36. The molecule has 0 aliphatic rings. The topological polar surface area (TPSA) is 82.3 Å². The summed E-state index contributed by atoms with van der Waals surface area (Å²) in [5.41, 5.74) is 2.72. The highest BCUT2D eigenvalue weighted by Gasteiger charge is 2.16. The van der Waals surface area contributed by atoms with Gasteiger partial charge >= 0.3 is 0 Å². The molecule has 7 heteroatoms. The first-order valence-corrected chi connectivity index (χ1v) is 6.36. The maximum absolute atomic E-state index is 12.1. The van der Waals surface area contributed by atoms with Crippen molar-refractivity contribution < 1.29 is 23.4 Å². The fourth-order valence-electron chi connectivity index (χ4n) is 1.80. The zero-order valence-electron chi connectivity index (χ0n) is 12.5. The number of furan rings is 1. The highest BCUT2D eigenvalue weighted by molar-refractivity contribution is 5.96. The number of hydrazone groups is 1. The fraction of sp³-hybridized carbons (Fsp3) is 0.200. The quantitative estimate of drug-likeness (QED) is 0.652. The number of amides is 1. The Bertz CT molecular complexity index is 640. The van der Waals surface area contributed by atoms with Gasteiger partial charge in [-0.15, -0.1) is 0 Å². The van der Waals surface area contributed by atoms with Gasteiger partial charge in [0.25, 0.3) is 5.91 Å². The molecule has 1 heterocycles. The molecule has 0 bridgehead atoms. The first kappa shape index (κ1) is 15.4. The van der Waals surface area contributed by atoms with Gasteiger partial charge in [0, 0.05) is 5.56 Å². The molecule has 2 aromatic rings. The Balaban J connectivity index is 2.18. The molecule has 22 heavy (non-hydrogen) atoms. The average Bonchev–Trinajstić information content (AvgIpc) is 3.06. The van der Waals surface area contributed by atoms with Crippen LogP contribution in [0.2, 0.25) is 0 Å². The van der Waals surface area contributed by atoms with E-state index in [-0.39, 0.29) is 0 Å². The van der Waals surface area contributed by atoms with Crippen LogP contribution < -0.4 is 19.6 Å². The number of hydrogen-bond acceptors (Lipinski definition) is 6. The summed E-state index contributed by atoms with van der Waals surface area (Å²) < 4.78 is 20.7. The minimum atomic E-state index is -0.415. The summed E-state index contributed by atoms with van der Waals surface area (Å²) >= 11 is 0. The molecule has 0 aliphatic carbocycles. The van der Waals surface area contributed by atoms with Crippen molar-refractivity contribution in [1.82, 2.24) is 5.43 Å². The number of nitrogens with one attached hydrogen (secondary N) is 1. The lowest BCUT2D eigenvalue weighted by Crippen LogP contribution is -2.17. The Labute approximate surface area is 127 Å². The molecule has 7 nitrogen and oxygen atoms in total. The molecular formula is C15H16N2O5. The lowest BCUT2D eigenvalue weighted by molar-refractivity contribution is 0.0954. The van der Waals surface area contributed by atoms with Crippen molar-refractivity contribution in [3.05, 3.63) is 41.9 Å². The van der Waals surface area contributed by atoms with Crippen LogP contribution in [-0.4, -0.2) is 33.5 Å². The largest absolute Gasteiger partial charge is 0.493 e. The average molecular weight is 304 g/mol. The maximum atomic E-state index is 12.1. The summed E-state index contributed by atoms with van der Waals surface area (Å²) in [7, 11) is 4.45. The van der Waals surface area contributed by atoms with Gasteiger partial charge in [0.15, 0.2) is 11.5 Å². The van der Waals surface area contributed by atoms with Gasteiger partial charge in [-0.25, -0.2) is 5.43 Å². The third kappa shape index (κ3) is 3.38. The molecule has 0 aliphatic heterocycles. The van der Waals surface area contributed by atoms with Crippen LogP contribution in [0, 0.1) is 0 Å². The van der Waals surface area contributed by atoms with Gasteiger partial charge in [0.05, 0.1) is 33.8 Å². The molecule has 0 radical (unpaired) electrons. The van der Waals surface area contributed by atoms with Crippen molar-refractivity contribution in [1.29, 1.82) is 0 Å². The number of hydrogen-bond donors (Lipinski definition) is 1. The van der Waals surface area contributed by atoms with Gasteiger partial charge in [0.2, 0.25) is 5.75 Å². The van der Waals surface area contributed by atoms with Crippen LogP contribution in [-0.2, 0) is 0 Å². The summed E-state index contributed by atoms with van der Waals surface area (Å²) in [5.74, 6) is 1.32. The van der Waals surface area contributed by atoms with Crippen LogP contribution in [0.5, 0.6) is 17.2 Å². The van der Waals surface area contributed by atoms with E-state index in [0.717, 1.165) is 0 Å². The molecule has 0 fully saturated rings. The Morgan fingerprint density at radius 3 is 2.36 bits per heavy atom. The molecule has 2 rings (SSSR count). The lowest BCUT2D eigenvalue weighted by Gasteiger charge is -2.13. The minimum Gasteiger partial charge on any atom is -0.493 e. The third-order valence-corrected chi connectivity index (χ3v) is 2.83. The molecule has 0 saturated carbocycles. The van der Waals surface area contributed by atoms with E-state index in [1.165, 1.54) is 33.8 Å². The summed E-state index contributed by atoms with van der Waals surface area (Å²) in [5, 5.41) is 3.81. The molecule has 1 aromatic carbocycles. The number of carbonyl (C=O) groups is 1. The number of methoxy groups -OCH3 is 3. The molecule has 0 spiro atoms. The van der Waals surface area contributed by atoms with Gasteiger partial charge < -0.3 is 18.6 Å². The third-order valence-electron chi connectivity index (χ3n) is 2.83. The van der Waals surface area contributed by atoms with Crippen LogP contribution in [0.25, 0.3) is 0 Å². The van der Waals surface area contributed by atoms with Crippen LogP contribution in [0.15, 0.2) is 40.0 Å². The van der Waals surface area contributed by atoms with Gasteiger partial charge in [-0.05, 0) is 24.3 Å². The minimum absolute atomic E-state index is 0.325. The van der Waals surface area contributed by atoms with Crippen LogP contribution in [0.4, 0.5) is 0 Å².